The van der Waals surface area contributed by atoms with E-state index < -0.39 is 11.9 Å². The lowest BCUT2D eigenvalue weighted by Crippen LogP contribution is -2.49. The third-order valence-corrected chi connectivity index (χ3v) is 2.66. The lowest BCUT2D eigenvalue weighted by atomic mass is 10.2. The number of rotatable bonds is 8. The highest BCUT2D eigenvalue weighted by Gasteiger charge is 2.19. The maximum Gasteiger partial charge on any atom is 0.243 e. The Bertz CT molecular complexity index is 297. The highest BCUT2D eigenvalue weighted by atomic mass is 32.1. The molecule has 0 aliphatic heterocycles. The van der Waals surface area contributed by atoms with Gasteiger partial charge >= 0.3 is 0 Å². The Kier molecular flexibility index (Phi) is 9.08. The minimum atomic E-state index is -0.706. The molecular formula is C11H21N3O3S. The van der Waals surface area contributed by atoms with E-state index in [2.05, 4.69) is 28.6 Å². The molecule has 0 bridgehead atoms. The van der Waals surface area contributed by atoms with Crippen LogP contribution in [0.4, 0.5) is 0 Å². The van der Waals surface area contributed by atoms with Crippen LogP contribution >= 0.6 is 12.6 Å². The van der Waals surface area contributed by atoms with E-state index in [1.807, 2.05) is 6.92 Å². The zero-order valence-electron chi connectivity index (χ0n) is 10.8. The first-order valence-electron chi connectivity index (χ1n) is 5.93. The maximum atomic E-state index is 11.6. The van der Waals surface area contributed by atoms with Gasteiger partial charge in [-0.05, 0) is 6.42 Å². The van der Waals surface area contributed by atoms with Gasteiger partial charge in [0.05, 0.1) is 6.54 Å². The van der Waals surface area contributed by atoms with Crippen LogP contribution in [0.15, 0.2) is 0 Å². The van der Waals surface area contributed by atoms with E-state index in [9.17, 15) is 14.4 Å². The number of amides is 3. The molecule has 18 heavy (non-hydrogen) atoms. The van der Waals surface area contributed by atoms with E-state index >= 15 is 0 Å². The number of carbonyl (C=O) groups is 3. The molecule has 0 saturated carbocycles. The summed E-state index contributed by atoms with van der Waals surface area (Å²) in [5.41, 5.74) is 0. The summed E-state index contributed by atoms with van der Waals surface area (Å²) in [5, 5.41) is 7.40. The van der Waals surface area contributed by atoms with Gasteiger partial charge in [0.15, 0.2) is 0 Å². The zero-order chi connectivity index (χ0) is 14.0. The highest BCUT2D eigenvalue weighted by molar-refractivity contribution is 7.80. The van der Waals surface area contributed by atoms with Gasteiger partial charge in [0, 0.05) is 19.2 Å². The van der Waals surface area contributed by atoms with Crippen molar-refractivity contribution in [2.45, 2.75) is 32.2 Å². The number of hydrogen-bond acceptors (Lipinski definition) is 4. The van der Waals surface area contributed by atoms with Gasteiger partial charge in [0.1, 0.15) is 6.04 Å². The molecule has 0 aliphatic rings. The van der Waals surface area contributed by atoms with Gasteiger partial charge in [-0.3, -0.25) is 14.4 Å². The Morgan fingerprint density at radius 1 is 1.22 bits per heavy atom. The highest BCUT2D eigenvalue weighted by Crippen LogP contribution is 1.96. The fourth-order valence-corrected chi connectivity index (χ4v) is 1.43. The Balaban J connectivity index is 4.10. The number of carbonyl (C=O) groups excluding carboxylic acids is 3. The van der Waals surface area contributed by atoms with Crippen molar-refractivity contribution in [3.63, 3.8) is 0 Å². The van der Waals surface area contributed by atoms with Crippen LogP contribution in [0.3, 0.4) is 0 Å². The summed E-state index contributed by atoms with van der Waals surface area (Å²) >= 11 is 4.01. The molecule has 0 fully saturated rings. The second kappa shape index (κ2) is 9.76. The average Bonchev–Trinajstić information content (AvgIpc) is 2.39. The average molecular weight is 275 g/mol. The van der Waals surface area contributed by atoms with Crippen LogP contribution < -0.4 is 16.0 Å². The fourth-order valence-electron chi connectivity index (χ4n) is 1.18. The first kappa shape index (κ1) is 16.8. The number of thiol groups is 1. The predicted octanol–water partition coefficient (Wildman–Crippen LogP) is -0.547. The van der Waals surface area contributed by atoms with Gasteiger partial charge in [0.25, 0.3) is 0 Å². The van der Waals surface area contributed by atoms with E-state index in [1.165, 1.54) is 7.05 Å². The predicted molar refractivity (Wildman–Crippen MR) is 72.4 cm³/mol. The molecule has 6 nitrogen and oxygen atoms in total. The Morgan fingerprint density at radius 3 is 2.39 bits per heavy atom. The first-order chi connectivity index (χ1) is 8.54. The lowest BCUT2D eigenvalue weighted by molar-refractivity contribution is -0.129. The molecule has 0 aromatic carbocycles. The van der Waals surface area contributed by atoms with Crippen LogP contribution in [0.2, 0.25) is 0 Å². The van der Waals surface area contributed by atoms with Crippen molar-refractivity contribution in [1.29, 1.82) is 0 Å². The van der Waals surface area contributed by atoms with E-state index in [0.29, 0.717) is 6.42 Å². The molecule has 0 radical (unpaired) electrons. The Hall–Kier alpha value is -1.24. The van der Waals surface area contributed by atoms with Gasteiger partial charge in [-0.25, -0.2) is 0 Å². The largest absolute Gasteiger partial charge is 0.358 e. The van der Waals surface area contributed by atoms with Gasteiger partial charge in [-0.15, -0.1) is 0 Å². The van der Waals surface area contributed by atoms with Crippen LogP contribution in [0.5, 0.6) is 0 Å². The molecule has 0 aliphatic carbocycles. The summed E-state index contributed by atoms with van der Waals surface area (Å²) in [4.78, 5) is 34.1. The van der Waals surface area contributed by atoms with Gasteiger partial charge in [0.2, 0.25) is 17.7 Å². The molecule has 7 heteroatoms. The molecule has 0 rings (SSSR count). The standard InChI is InChI=1S/C11H21N3O3S/c1-3-4-5-9(15)14-8(7-18)11(17)13-6-10(16)12-2/h8,18H,3-7H2,1-2H3,(H,12,16)(H,13,17)(H,14,15)/t8-/m0/s1. The monoisotopic (exact) mass is 275 g/mol. The van der Waals surface area contributed by atoms with Crippen LogP contribution in [-0.2, 0) is 14.4 Å². The first-order valence-corrected chi connectivity index (χ1v) is 6.56. The number of likely N-dealkylation sites (N-methyl/N-ethyl adjacent to an activating group) is 1. The molecule has 0 heterocycles. The molecule has 1 atom stereocenters. The summed E-state index contributed by atoms with van der Waals surface area (Å²) in [6.45, 7) is 1.88. The minimum absolute atomic E-state index is 0.107. The molecule has 0 saturated heterocycles. The summed E-state index contributed by atoms with van der Waals surface area (Å²) in [6.07, 6.45) is 2.09. The maximum absolute atomic E-state index is 11.6. The summed E-state index contributed by atoms with van der Waals surface area (Å²) in [5.74, 6) is -0.680. The Morgan fingerprint density at radius 2 is 1.89 bits per heavy atom. The van der Waals surface area contributed by atoms with E-state index in [0.717, 1.165) is 12.8 Å². The molecule has 0 aromatic heterocycles. The number of nitrogens with one attached hydrogen (secondary N) is 3. The molecule has 0 unspecified atom stereocenters. The fraction of sp³-hybridized carbons (Fsp3) is 0.727. The van der Waals surface area contributed by atoms with Crippen LogP contribution in [0.1, 0.15) is 26.2 Å². The van der Waals surface area contributed by atoms with Crippen molar-refractivity contribution in [3.05, 3.63) is 0 Å². The van der Waals surface area contributed by atoms with Crippen molar-refractivity contribution in [1.82, 2.24) is 16.0 Å². The third-order valence-electron chi connectivity index (χ3n) is 2.29. The molecule has 0 aromatic rings. The normalized spacial score (nSPS) is 11.5. The van der Waals surface area contributed by atoms with E-state index in [1.54, 1.807) is 0 Å². The minimum Gasteiger partial charge on any atom is -0.358 e. The van der Waals surface area contributed by atoms with Crippen LogP contribution in [0, 0.1) is 0 Å². The summed E-state index contributed by atoms with van der Waals surface area (Å²) in [6, 6.07) is -0.706. The Labute approximate surface area is 113 Å². The number of unbranched alkanes of at least 4 members (excludes halogenated alkanes) is 1. The van der Waals surface area contributed by atoms with E-state index in [4.69, 9.17) is 0 Å². The van der Waals surface area contributed by atoms with Crippen LogP contribution in [0.25, 0.3) is 0 Å². The van der Waals surface area contributed by atoms with Crippen LogP contribution in [-0.4, -0.2) is 43.1 Å². The van der Waals surface area contributed by atoms with Gasteiger partial charge in [-0.1, -0.05) is 13.3 Å². The second-order valence-corrected chi connectivity index (χ2v) is 4.16. The molecular weight excluding hydrogens is 254 g/mol. The number of hydrogen-bond donors (Lipinski definition) is 4. The van der Waals surface area contributed by atoms with Crippen molar-refractivity contribution in [3.8, 4) is 0 Å². The molecule has 104 valence electrons. The topological polar surface area (TPSA) is 87.3 Å². The SMILES string of the molecule is CCCCC(=O)N[C@@H](CS)C(=O)NCC(=O)NC. The molecule has 3 amide bonds. The van der Waals surface area contributed by atoms with Crippen molar-refractivity contribution < 1.29 is 14.4 Å². The second-order valence-electron chi connectivity index (χ2n) is 3.80. The van der Waals surface area contributed by atoms with Crippen molar-refractivity contribution in [2.75, 3.05) is 19.3 Å². The summed E-state index contributed by atoms with van der Waals surface area (Å²) in [7, 11) is 1.48. The van der Waals surface area contributed by atoms with Crippen molar-refractivity contribution in [2.24, 2.45) is 0 Å². The lowest BCUT2D eigenvalue weighted by Gasteiger charge is -2.16. The van der Waals surface area contributed by atoms with Crippen molar-refractivity contribution >= 4 is 30.4 Å². The van der Waals surface area contributed by atoms with Gasteiger partial charge < -0.3 is 16.0 Å². The van der Waals surface area contributed by atoms with Gasteiger partial charge in [-0.2, -0.15) is 12.6 Å². The quantitative estimate of drug-likeness (QED) is 0.448. The smallest absolute Gasteiger partial charge is 0.243 e. The summed E-state index contributed by atoms with van der Waals surface area (Å²) < 4.78 is 0. The molecule has 0 spiro atoms. The third kappa shape index (κ3) is 7.16. The molecule has 3 N–H and O–H groups in total. The zero-order valence-corrected chi connectivity index (χ0v) is 11.7. The van der Waals surface area contributed by atoms with E-state index in [-0.39, 0.29) is 24.1 Å².